The minimum absolute atomic E-state index is 0.498. The molecule has 0 aliphatic rings. The first-order valence-electron chi connectivity index (χ1n) is 8.59. The van der Waals surface area contributed by atoms with Crippen LogP contribution >= 0.6 is 0 Å². The van der Waals surface area contributed by atoms with Gasteiger partial charge in [-0.1, -0.05) is 18.2 Å². The Hall–Kier alpha value is -2.83. The molecule has 0 atom stereocenters. The standard InChI is InChI=1S/C18H25N7/c1-4-19-18(22-11-16-23-12-24-25(16)3)20-9-8-14-10-21-17-13(2)6-5-7-15(14)17/h5-7,10,12,21H,4,8-9,11H2,1-3H3,(H2,19,20,22). The van der Waals surface area contributed by atoms with Crippen molar-refractivity contribution in [3.05, 3.63) is 47.7 Å². The lowest BCUT2D eigenvalue weighted by molar-refractivity contribution is 0.697. The third-order valence-corrected chi connectivity index (χ3v) is 4.22. The van der Waals surface area contributed by atoms with Crippen molar-refractivity contribution in [2.75, 3.05) is 13.1 Å². The summed E-state index contributed by atoms with van der Waals surface area (Å²) in [6.07, 6.45) is 4.57. The number of guanidine groups is 1. The van der Waals surface area contributed by atoms with Gasteiger partial charge in [-0.05, 0) is 31.4 Å². The fourth-order valence-corrected chi connectivity index (χ4v) is 2.84. The van der Waals surface area contributed by atoms with Gasteiger partial charge in [0.25, 0.3) is 0 Å². The van der Waals surface area contributed by atoms with Crippen molar-refractivity contribution in [1.82, 2.24) is 30.4 Å². The third kappa shape index (κ3) is 3.99. The molecule has 7 heteroatoms. The van der Waals surface area contributed by atoms with Crippen LogP contribution in [-0.4, -0.2) is 38.8 Å². The fourth-order valence-electron chi connectivity index (χ4n) is 2.84. The number of aryl methyl sites for hydroxylation is 2. The van der Waals surface area contributed by atoms with E-state index in [1.165, 1.54) is 22.0 Å². The van der Waals surface area contributed by atoms with Crippen LogP contribution in [0.4, 0.5) is 0 Å². The van der Waals surface area contributed by atoms with E-state index in [9.17, 15) is 0 Å². The number of fused-ring (bicyclic) bond motifs is 1. The number of H-pyrrole nitrogens is 1. The first-order chi connectivity index (χ1) is 12.2. The molecule has 2 aromatic heterocycles. The molecule has 0 aliphatic heterocycles. The second kappa shape index (κ2) is 7.83. The quantitative estimate of drug-likeness (QED) is 0.473. The second-order valence-electron chi connectivity index (χ2n) is 5.98. The summed E-state index contributed by atoms with van der Waals surface area (Å²) in [5.41, 5.74) is 3.81. The molecule has 25 heavy (non-hydrogen) atoms. The highest BCUT2D eigenvalue weighted by molar-refractivity contribution is 5.86. The second-order valence-corrected chi connectivity index (χ2v) is 5.98. The molecule has 0 fully saturated rings. The van der Waals surface area contributed by atoms with Crippen LogP contribution in [0.1, 0.15) is 23.9 Å². The lowest BCUT2D eigenvalue weighted by Gasteiger charge is -2.11. The van der Waals surface area contributed by atoms with Crippen LogP contribution in [0.25, 0.3) is 10.9 Å². The zero-order chi connectivity index (χ0) is 17.6. The van der Waals surface area contributed by atoms with Crippen molar-refractivity contribution in [3.8, 4) is 0 Å². The molecule has 0 aliphatic carbocycles. The van der Waals surface area contributed by atoms with E-state index in [4.69, 9.17) is 0 Å². The molecule has 0 unspecified atom stereocenters. The molecule has 7 nitrogen and oxygen atoms in total. The maximum Gasteiger partial charge on any atom is 0.191 e. The molecular weight excluding hydrogens is 314 g/mol. The zero-order valence-corrected chi connectivity index (χ0v) is 15.0. The lowest BCUT2D eigenvalue weighted by Crippen LogP contribution is -2.38. The summed E-state index contributed by atoms with van der Waals surface area (Å²) in [5.74, 6) is 1.63. The molecule has 3 rings (SSSR count). The van der Waals surface area contributed by atoms with E-state index in [-0.39, 0.29) is 0 Å². The van der Waals surface area contributed by atoms with Crippen LogP contribution in [0.15, 0.2) is 35.7 Å². The molecular formula is C18H25N7. The molecule has 0 amide bonds. The molecule has 3 aromatic rings. The summed E-state index contributed by atoms with van der Waals surface area (Å²) in [6, 6.07) is 6.40. The van der Waals surface area contributed by atoms with E-state index < -0.39 is 0 Å². The van der Waals surface area contributed by atoms with Crippen LogP contribution in [0.2, 0.25) is 0 Å². The number of hydrogen-bond acceptors (Lipinski definition) is 3. The Bertz CT molecular complexity index is 859. The maximum absolute atomic E-state index is 4.58. The molecule has 0 saturated heterocycles. The summed E-state index contributed by atoms with van der Waals surface area (Å²) in [6.45, 7) is 6.31. The van der Waals surface area contributed by atoms with Gasteiger partial charge in [-0.25, -0.2) is 9.98 Å². The van der Waals surface area contributed by atoms with Gasteiger partial charge < -0.3 is 15.6 Å². The number of rotatable bonds is 6. The Morgan fingerprint density at radius 1 is 1.32 bits per heavy atom. The molecule has 0 radical (unpaired) electrons. The first-order valence-corrected chi connectivity index (χ1v) is 8.59. The van der Waals surface area contributed by atoms with Crippen LogP contribution in [0.5, 0.6) is 0 Å². The molecule has 0 saturated carbocycles. The van der Waals surface area contributed by atoms with Crippen molar-refractivity contribution in [3.63, 3.8) is 0 Å². The van der Waals surface area contributed by atoms with Gasteiger partial charge in [-0.2, -0.15) is 5.10 Å². The average molecular weight is 339 g/mol. The number of nitrogens with one attached hydrogen (secondary N) is 3. The van der Waals surface area contributed by atoms with Crippen molar-refractivity contribution < 1.29 is 0 Å². The molecule has 1 aromatic carbocycles. The zero-order valence-electron chi connectivity index (χ0n) is 15.0. The SMILES string of the molecule is CCNC(=NCc1ncnn1C)NCCc1c[nH]c2c(C)cccc12. The first kappa shape index (κ1) is 17.0. The fraction of sp³-hybridized carbons (Fsp3) is 0.389. The molecule has 3 N–H and O–H groups in total. The van der Waals surface area contributed by atoms with E-state index in [0.29, 0.717) is 6.54 Å². The number of nitrogens with zero attached hydrogens (tertiary/aromatic N) is 4. The Morgan fingerprint density at radius 2 is 2.20 bits per heavy atom. The van der Waals surface area contributed by atoms with Crippen LogP contribution in [0, 0.1) is 6.92 Å². The van der Waals surface area contributed by atoms with Gasteiger partial charge in [0.2, 0.25) is 0 Å². The molecule has 2 heterocycles. The van der Waals surface area contributed by atoms with Gasteiger partial charge in [-0.15, -0.1) is 0 Å². The van der Waals surface area contributed by atoms with Gasteiger partial charge in [-0.3, -0.25) is 4.68 Å². The molecule has 132 valence electrons. The number of para-hydroxylation sites is 1. The Balaban J connectivity index is 1.61. The van der Waals surface area contributed by atoms with Gasteiger partial charge >= 0.3 is 0 Å². The monoisotopic (exact) mass is 339 g/mol. The Kier molecular flexibility index (Phi) is 5.33. The summed E-state index contributed by atoms with van der Waals surface area (Å²) >= 11 is 0. The predicted molar refractivity (Wildman–Crippen MR) is 101 cm³/mol. The smallest absolute Gasteiger partial charge is 0.191 e. The minimum atomic E-state index is 0.498. The topological polar surface area (TPSA) is 82.9 Å². The van der Waals surface area contributed by atoms with Gasteiger partial charge in [0.05, 0.1) is 0 Å². The number of aromatic nitrogens is 4. The average Bonchev–Trinajstić information content (AvgIpc) is 3.20. The van der Waals surface area contributed by atoms with E-state index in [1.807, 2.05) is 7.05 Å². The van der Waals surface area contributed by atoms with Gasteiger partial charge in [0.15, 0.2) is 5.96 Å². The normalized spacial score (nSPS) is 11.9. The molecule has 0 spiro atoms. The van der Waals surface area contributed by atoms with Crippen molar-refractivity contribution in [2.24, 2.45) is 12.0 Å². The van der Waals surface area contributed by atoms with Gasteiger partial charge in [0, 0.05) is 37.2 Å². The van der Waals surface area contributed by atoms with E-state index in [2.05, 4.69) is 68.9 Å². The number of hydrogen-bond donors (Lipinski definition) is 3. The Labute approximate surface area is 147 Å². The number of aliphatic imine (C=N–C) groups is 1. The summed E-state index contributed by atoms with van der Waals surface area (Å²) in [4.78, 5) is 12.1. The summed E-state index contributed by atoms with van der Waals surface area (Å²) < 4.78 is 1.74. The summed E-state index contributed by atoms with van der Waals surface area (Å²) in [5, 5.41) is 12.0. The van der Waals surface area contributed by atoms with Crippen LogP contribution < -0.4 is 10.6 Å². The van der Waals surface area contributed by atoms with Crippen LogP contribution in [0.3, 0.4) is 0 Å². The highest BCUT2D eigenvalue weighted by Crippen LogP contribution is 2.21. The highest BCUT2D eigenvalue weighted by atomic mass is 15.3. The molecule has 0 bridgehead atoms. The number of benzene rings is 1. The van der Waals surface area contributed by atoms with Crippen molar-refractivity contribution >= 4 is 16.9 Å². The predicted octanol–water partition coefficient (Wildman–Crippen LogP) is 1.90. The minimum Gasteiger partial charge on any atom is -0.361 e. The van der Waals surface area contributed by atoms with Crippen LogP contribution in [-0.2, 0) is 20.0 Å². The van der Waals surface area contributed by atoms with Gasteiger partial charge in [0.1, 0.15) is 18.7 Å². The summed E-state index contributed by atoms with van der Waals surface area (Å²) in [7, 11) is 1.87. The van der Waals surface area contributed by atoms with E-state index >= 15 is 0 Å². The van der Waals surface area contributed by atoms with E-state index in [1.54, 1.807) is 11.0 Å². The highest BCUT2D eigenvalue weighted by Gasteiger charge is 2.06. The largest absolute Gasteiger partial charge is 0.361 e. The van der Waals surface area contributed by atoms with E-state index in [0.717, 1.165) is 31.3 Å². The van der Waals surface area contributed by atoms with Crippen molar-refractivity contribution in [2.45, 2.75) is 26.8 Å². The van der Waals surface area contributed by atoms with Crippen molar-refractivity contribution in [1.29, 1.82) is 0 Å². The maximum atomic E-state index is 4.58. The lowest BCUT2D eigenvalue weighted by atomic mass is 10.1. The third-order valence-electron chi connectivity index (χ3n) is 4.22. The Morgan fingerprint density at radius 3 is 2.96 bits per heavy atom. The number of aromatic amines is 1.